The van der Waals surface area contributed by atoms with Crippen molar-refractivity contribution in [2.24, 2.45) is 0 Å². The highest BCUT2D eigenvalue weighted by molar-refractivity contribution is 5.65. The fourth-order valence-electron chi connectivity index (χ4n) is 1.56. The van der Waals surface area contributed by atoms with Gasteiger partial charge in [0.15, 0.2) is 0 Å². The summed E-state index contributed by atoms with van der Waals surface area (Å²) >= 11 is 0. The van der Waals surface area contributed by atoms with E-state index in [0.29, 0.717) is 25.2 Å². The maximum absolute atomic E-state index is 10.7. The average molecular weight is 172 g/mol. The number of carboxylic acid groups (broad SMARTS) is 1. The predicted molar refractivity (Wildman–Crippen MR) is 46.3 cm³/mol. The van der Waals surface area contributed by atoms with Gasteiger partial charge in [-0.2, -0.15) is 0 Å². The summed E-state index contributed by atoms with van der Waals surface area (Å²) in [4.78, 5) is 14.3. The highest BCUT2D eigenvalue weighted by Crippen LogP contribution is 2.12. The summed E-state index contributed by atoms with van der Waals surface area (Å²) in [5.41, 5.74) is 0. The van der Waals surface area contributed by atoms with Crippen LogP contribution in [0.2, 0.25) is 0 Å². The molecule has 4 nitrogen and oxygen atoms in total. The Bertz CT molecular complexity index is 172. The van der Waals surface area contributed by atoms with Gasteiger partial charge in [0.2, 0.25) is 0 Å². The van der Waals surface area contributed by atoms with E-state index in [-0.39, 0.29) is 0 Å². The van der Waals surface area contributed by atoms with Crippen molar-refractivity contribution in [3.63, 3.8) is 0 Å². The Balaban J connectivity index is 2.59. The molecule has 4 heteroatoms. The minimum Gasteiger partial charge on any atom is -0.465 e. The molecule has 0 saturated carbocycles. The summed E-state index contributed by atoms with van der Waals surface area (Å²) in [6, 6.07) is 0.648. The van der Waals surface area contributed by atoms with Crippen molar-refractivity contribution in [2.75, 3.05) is 20.1 Å². The van der Waals surface area contributed by atoms with E-state index >= 15 is 0 Å². The largest absolute Gasteiger partial charge is 0.465 e. The number of rotatable bonds is 0. The van der Waals surface area contributed by atoms with Crippen LogP contribution in [0.3, 0.4) is 0 Å². The molecule has 0 bridgehead atoms. The Morgan fingerprint density at radius 2 is 1.75 bits per heavy atom. The van der Waals surface area contributed by atoms with Crippen LogP contribution in [-0.4, -0.2) is 53.2 Å². The standard InChI is InChI=1S/C8H16N2O2/c1-6-4-10(8(11)12)5-7(2)9(6)3/h6-7H,4-5H2,1-3H3,(H,11,12)/t6-,7+. The first-order valence-corrected chi connectivity index (χ1v) is 4.22. The monoisotopic (exact) mass is 172 g/mol. The van der Waals surface area contributed by atoms with Crippen molar-refractivity contribution < 1.29 is 9.90 Å². The Morgan fingerprint density at radius 3 is 2.08 bits per heavy atom. The van der Waals surface area contributed by atoms with Crippen molar-refractivity contribution in [2.45, 2.75) is 25.9 Å². The lowest BCUT2D eigenvalue weighted by atomic mass is 10.1. The number of nitrogens with zero attached hydrogens (tertiary/aromatic N) is 2. The molecule has 0 radical (unpaired) electrons. The van der Waals surface area contributed by atoms with Crippen LogP contribution >= 0.6 is 0 Å². The summed E-state index contributed by atoms with van der Waals surface area (Å²) in [5.74, 6) is 0. The first-order valence-electron chi connectivity index (χ1n) is 4.22. The molecule has 0 aromatic rings. The second-order valence-electron chi connectivity index (χ2n) is 3.55. The smallest absolute Gasteiger partial charge is 0.407 e. The fraction of sp³-hybridized carbons (Fsp3) is 0.875. The molecule has 0 aromatic carbocycles. The lowest BCUT2D eigenvalue weighted by molar-refractivity contribution is 0.0575. The molecule has 0 unspecified atom stereocenters. The summed E-state index contributed by atoms with van der Waals surface area (Å²) in [6.45, 7) is 5.34. The lowest BCUT2D eigenvalue weighted by Gasteiger charge is -2.41. The molecule has 2 atom stereocenters. The predicted octanol–water partition coefficient (Wildman–Crippen LogP) is 0.689. The van der Waals surface area contributed by atoms with Crippen LogP contribution in [0.4, 0.5) is 4.79 Å². The van der Waals surface area contributed by atoms with Gasteiger partial charge in [-0.05, 0) is 20.9 Å². The van der Waals surface area contributed by atoms with Gasteiger partial charge < -0.3 is 10.0 Å². The minimum atomic E-state index is -0.804. The van der Waals surface area contributed by atoms with E-state index in [1.54, 1.807) is 0 Å². The normalized spacial score (nSPS) is 32.1. The third-order valence-electron chi connectivity index (χ3n) is 2.63. The number of hydrogen-bond acceptors (Lipinski definition) is 2. The van der Waals surface area contributed by atoms with E-state index in [4.69, 9.17) is 5.11 Å². The molecule has 1 amide bonds. The van der Waals surface area contributed by atoms with Crippen LogP contribution in [0.5, 0.6) is 0 Å². The van der Waals surface area contributed by atoms with Crippen LogP contribution in [0, 0.1) is 0 Å². The Hall–Kier alpha value is -0.770. The molecular formula is C8H16N2O2. The van der Waals surface area contributed by atoms with Crippen LogP contribution in [-0.2, 0) is 0 Å². The molecule has 0 aliphatic carbocycles. The summed E-state index contributed by atoms with van der Waals surface area (Å²) in [7, 11) is 2.04. The highest BCUT2D eigenvalue weighted by Gasteiger charge is 2.28. The van der Waals surface area contributed by atoms with Crippen LogP contribution < -0.4 is 0 Å². The lowest BCUT2D eigenvalue weighted by Crippen LogP contribution is -2.56. The third kappa shape index (κ3) is 1.69. The number of hydrogen-bond donors (Lipinski definition) is 1. The average Bonchev–Trinajstić information content (AvgIpc) is 1.99. The van der Waals surface area contributed by atoms with E-state index in [9.17, 15) is 4.79 Å². The van der Waals surface area contributed by atoms with Crippen molar-refractivity contribution in [1.29, 1.82) is 0 Å². The molecule has 1 saturated heterocycles. The van der Waals surface area contributed by atoms with Gasteiger partial charge in [-0.15, -0.1) is 0 Å². The summed E-state index contributed by atoms with van der Waals surface area (Å²) < 4.78 is 0. The van der Waals surface area contributed by atoms with E-state index < -0.39 is 6.09 Å². The van der Waals surface area contributed by atoms with Gasteiger partial charge in [0.05, 0.1) is 0 Å². The zero-order chi connectivity index (χ0) is 9.30. The van der Waals surface area contributed by atoms with Gasteiger partial charge in [0, 0.05) is 25.2 Å². The maximum atomic E-state index is 10.7. The Kier molecular flexibility index (Phi) is 2.57. The van der Waals surface area contributed by atoms with Gasteiger partial charge in [-0.1, -0.05) is 0 Å². The second kappa shape index (κ2) is 3.31. The van der Waals surface area contributed by atoms with Crippen molar-refractivity contribution >= 4 is 6.09 Å². The van der Waals surface area contributed by atoms with Crippen molar-refractivity contribution in [1.82, 2.24) is 9.80 Å². The number of likely N-dealkylation sites (N-methyl/N-ethyl adjacent to an activating group) is 1. The first-order chi connectivity index (χ1) is 5.52. The van der Waals surface area contributed by atoms with Crippen LogP contribution in [0.1, 0.15) is 13.8 Å². The van der Waals surface area contributed by atoms with Gasteiger partial charge in [0.25, 0.3) is 0 Å². The van der Waals surface area contributed by atoms with E-state index in [2.05, 4.69) is 4.90 Å². The molecule has 0 spiro atoms. The number of carbonyl (C=O) groups is 1. The summed E-state index contributed by atoms with van der Waals surface area (Å²) in [6.07, 6.45) is -0.804. The zero-order valence-electron chi connectivity index (χ0n) is 7.82. The molecule has 1 aliphatic rings. The highest BCUT2D eigenvalue weighted by atomic mass is 16.4. The molecule has 1 rings (SSSR count). The molecule has 1 heterocycles. The summed E-state index contributed by atoms with van der Waals surface area (Å²) in [5, 5.41) is 8.77. The van der Waals surface area contributed by atoms with Gasteiger partial charge >= 0.3 is 6.09 Å². The van der Waals surface area contributed by atoms with Crippen molar-refractivity contribution in [3.8, 4) is 0 Å². The zero-order valence-corrected chi connectivity index (χ0v) is 7.82. The van der Waals surface area contributed by atoms with E-state index in [1.165, 1.54) is 4.90 Å². The molecule has 70 valence electrons. The van der Waals surface area contributed by atoms with E-state index in [0.717, 1.165) is 0 Å². The maximum Gasteiger partial charge on any atom is 0.407 e. The third-order valence-corrected chi connectivity index (χ3v) is 2.63. The van der Waals surface area contributed by atoms with E-state index in [1.807, 2.05) is 20.9 Å². The molecular weight excluding hydrogens is 156 g/mol. The van der Waals surface area contributed by atoms with Gasteiger partial charge in [0.1, 0.15) is 0 Å². The van der Waals surface area contributed by atoms with Crippen molar-refractivity contribution in [3.05, 3.63) is 0 Å². The van der Waals surface area contributed by atoms with Crippen LogP contribution in [0.15, 0.2) is 0 Å². The quantitative estimate of drug-likeness (QED) is 0.584. The number of piperazine rings is 1. The molecule has 12 heavy (non-hydrogen) atoms. The molecule has 0 aromatic heterocycles. The molecule has 1 N–H and O–H groups in total. The van der Waals surface area contributed by atoms with Gasteiger partial charge in [-0.3, -0.25) is 4.90 Å². The Morgan fingerprint density at radius 1 is 1.33 bits per heavy atom. The first kappa shape index (κ1) is 9.32. The van der Waals surface area contributed by atoms with Gasteiger partial charge in [-0.25, -0.2) is 4.79 Å². The minimum absolute atomic E-state index is 0.324. The van der Waals surface area contributed by atoms with Crippen LogP contribution in [0.25, 0.3) is 0 Å². The topological polar surface area (TPSA) is 43.8 Å². The molecule has 1 aliphatic heterocycles. The fourth-order valence-corrected chi connectivity index (χ4v) is 1.56. The Labute approximate surface area is 72.8 Å². The number of amides is 1. The molecule has 1 fully saturated rings. The SMILES string of the molecule is C[C@@H]1CN(C(=O)O)C[C@H](C)N1C. The second-order valence-corrected chi connectivity index (χ2v) is 3.55.